The molecule has 1 aromatic carbocycles. The molecule has 1 aliphatic rings. The summed E-state index contributed by atoms with van der Waals surface area (Å²) in [4.78, 5) is 13.5. The van der Waals surface area contributed by atoms with Crippen molar-refractivity contribution >= 4 is 5.78 Å². The number of carbonyl (C=O) groups excluding carboxylic acids is 1. The van der Waals surface area contributed by atoms with E-state index in [9.17, 15) is 9.90 Å². The molecule has 0 amide bonds. The van der Waals surface area contributed by atoms with E-state index in [1.54, 1.807) is 37.3 Å². The van der Waals surface area contributed by atoms with Gasteiger partial charge < -0.3 is 14.7 Å². The lowest BCUT2D eigenvalue weighted by Crippen LogP contribution is -2.08. The first kappa shape index (κ1) is 9.58. The van der Waals surface area contributed by atoms with E-state index in [2.05, 4.69) is 0 Å². The minimum atomic E-state index is -0.281. The topological polar surface area (TPSA) is 49.8 Å². The molecule has 1 aromatic rings. The van der Waals surface area contributed by atoms with Crippen LogP contribution in [0.25, 0.3) is 0 Å². The highest BCUT2D eigenvalue weighted by Crippen LogP contribution is 2.36. The zero-order valence-electron chi connectivity index (χ0n) is 8.52. The van der Waals surface area contributed by atoms with E-state index in [0.29, 0.717) is 5.75 Å². The molecule has 4 heteroatoms. The fraction of sp³-hybridized carbons (Fsp3) is 0.182. The maximum atomic E-state index is 11.8. The third-order valence-electron chi connectivity index (χ3n) is 2.05. The van der Waals surface area contributed by atoms with Crippen LogP contribution in [0.15, 0.2) is 30.2 Å². The number of phenols is 1. The highest BCUT2D eigenvalue weighted by molar-refractivity contribution is 6.13. The van der Waals surface area contributed by atoms with Crippen LogP contribution in [-0.4, -0.2) is 29.9 Å². The fourth-order valence-electron chi connectivity index (χ4n) is 1.44. The van der Waals surface area contributed by atoms with Crippen LogP contribution in [0.4, 0.5) is 0 Å². The van der Waals surface area contributed by atoms with Crippen LogP contribution in [0, 0.1) is 0 Å². The third-order valence-corrected chi connectivity index (χ3v) is 2.05. The summed E-state index contributed by atoms with van der Waals surface area (Å²) < 4.78 is 5.32. The molecule has 0 spiro atoms. The minimum absolute atomic E-state index is 0.0420. The van der Waals surface area contributed by atoms with Gasteiger partial charge in [-0.25, -0.2) is 0 Å². The molecule has 1 heterocycles. The van der Waals surface area contributed by atoms with Gasteiger partial charge in [-0.2, -0.15) is 0 Å². The van der Waals surface area contributed by atoms with Crippen molar-refractivity contribution < 1.29 is 14.6 Å². The standard InChI is InChI=1S/C11H11NO3/c1-12(2)6-9-11(14)10-7(13)4-3-5-8(10)15-9/h3-6,13H,1-2H3/b9-6+. The highest BCUT2D eigenvalue weighted by Gasteiger charge is 2.30. The van der Waals surface area contributed by atoms with Gasteiger partial charge in [-0.05, 0) is 12.1 Å². The van der Waals surface area contributed by atoms with E-state index < -0.39 is 0 Å². The lowest BCUT2D eigenvalue weighted by molar-refractivity contribution is 0.101. The summed E-state index contributed by atoms with van der Waals surface area (Å²) in [6, 6.07) is 4.77. The first-order chi connectivity index (χ1) is 7.09. The number of hydrogen-bond donors (Lipinski definition) is 1. The van der Waals surface area contributed by atoms with Gasteiger partial charge in [0.05, 0.1) is 0 Å². The third kappa shape index (κ3) is 1.54. The lowest BCUT2D eigenvalue weighted by Gasteiger charge is -2.05. The number of aromatic hydroxyl groups is 1. The molecule has 1 aliphatic heterocycles. The maximum absolute atomic E-state index is 11.8. The SMILES string of the molecule is CN(C)/C=C1/Oc2cccc(O)c2C1=O. The number of ether oxygens (including phenoxy) is 1. The number of phenolic OH excluding ortho intramolecular Hbond substituents is 1. The second-order valence-corrected chi connectivity index (χ2v) is 3.54. The van der Waals surface area contributed by atoms with Crippen LogP contribution >= 0.6 is 0 Å². The highest BCUT2D eigenvalue weighted by atomic mass is 16.5. The second-order valence-electron chi connectivity index (χ2n) is 3.54. The number of hydrogen-bond acceptors (Lipinski definition) is 4. The Labute approximate surface area is 87.4 Å². The average molecular weight is 205 g/mol. The maximum Gasteiger partial charge on any atom is 0.237 e. The average Bonchev–Trinajstić information content (AvgIpc) is 2.44. The fourth-order valence-corrected chi connectivity index (χ4v) is 1.44. The summed E-state index contributed by atoms with van der Waals surface area (Å²) >= 11 is 0. The van der Waals surface area contributed by atoms with E-state index in [0.717, 1.165) is 0 Å². The molecule has 0 unspecified atom stereocenters. The molecule has 0 radical (unpaired) electrons. The van der Waals surface area contributed by atoms with Gasteiger partial charge in [-0.15, -0.1) is 0 Å². The van der Waals surface area contributed by atoms with Crippen molar-refractivity contribution in [2.75, 3.05) is 14.1 Å². The normalized spacial score (nSPS) is 16.4. The Kier molecular flexibility index (Phi) is 2.11. The number of nitrogens with zero attached hydrogens (tertiary/aromatic N) is 1. The van der Waals surface area contributed by atoms with Crippen molar-refractivity contribution in [3.63, 3.8) is 0 Å². The molecular weight excluding hydrogens is 194 g/mol. The van der Waals surface area contributed by atoms with Gasteiger partial charge in [0, 0.05) is 20.3 Å². The van der Waals surface area contributed by atoms with Gasteiger partial charge in [0.2, 0.25) is 5.78 Å². The molecule has 0 saturated carbocycles. The van der Waals surface area contributed by atoms with E-state index >= 15 is 0 Å². The summed E-state index contributed by atoms with van der Waals surface area (Å²) in [5.74, 6) is 0.320. The molecule has 0 fully saturated rings. The van der Waals surface area contributed by atoms with E-state index in [1.165, 1.54) is 6.07 Å². The Bertz CT molecular complexity index is 449. The first-order valence-electron chi connectivity index (χ1n) is 4.52. The van der Waals surface area contributed by atoms with E-state index in [-0.39, 0.29) is 22.9 Å². The molecule has 0 atom stereocenters. The smallest absolute Gasteiger partial charge is 0.237 e. The summed E-state index contributed by atoms with van der Waals surface area (Å²) in [7, 11) is 3.60. The molecule has 15 heavy (non-hydrogen) atoms. The predicted molar refractivity (Wildman–Crippen MR) is 54.8 cm³/mol. The van der Waals surface area contributed by atoms with Gasteiger partial charge >= 0.3 is 0 Å². The molecule has 1 N–H and O–H groups in total. The van der Waals surface area contributed by atoms with Crippen LogP contribution in [0.3, 0.4) is 0 Å². The van der Waals surface area contributed by atoms with Crippen LogP contribution in [-0.2, 0) is 0 Å². The van der Waals surface area contributed by atoms with E-state index in [1.807, 2.05) is 0 Å². The van der Waals surface area contributed by atoms with Crippen molar-refractivity contribution in [3.05, 3.63) is 35.7 Å². The number of allylic oxidation sites excluding steroid dienone is 1. The number of carbonyl (C=O) groups is 1. The van der Waals surface area contributed by atoms with Gasteiger partial charge in [-0.1, -0.05) is 6.07 Å². The Balaban J connectivity index is 2.47. The van der Waals surface area contributed by atoms with E-state index in [4.69, 9.17) is 4.74 Å². The lowest BCUT2D eigenvalue weighted by atomic mass is 10.1. The molecule has 4 nitrogen and oxygen atoms in total. The molecule has 0 bridgehead atoms. The summed E-state index contributed by atoms with van der Waals surface area (Å²) in [5, 5.41) is 9.51. The van der Waals surface area contributed by atoms with Crippen LogP contribution < -0.4 is 4.74 Å². The molecule has 0 aromatic heterocycles. The van der Waals surface area contributed by atoms with Crippen molar-refractivity contribution in [1.29, 1.82) is 0 Å². The summed E-state index contributed by atoms with van der Waals surface area (Å²) in [5.41, 5.74) is 0.241. The van der Waals surface area contributed by atoms with Crippen LogP contribution in [0.1, 0.15) is 10.4 Å². The number of Topliss-reactive ketones (excluding diaryl/α,β-unsaturated/α-hetero) is 1. The van der Waals surface area contributed by atoms with Crippen molar-refractivity contribution in [2.24, 2.45) is 0 Å². The Morgan fingerprint density at radius 2 is 2.13 bits per heavy atom. The minimum Gasteiger partial charge on any atom is -0.507 e. The number of fused-ring (bicyclic) bond motifs is 1. The number of rotatable bonds is 1. The molecule has 0 aliphatic carbocycles. The molecule has 2 rings (SSSR count). The quantitative estimate of drug-likeness (QED) is 0.703. The summed E-state index contributed by atoms with van der Waals surface area (Å²) in [6.45, 7) is 0. The van der Waals surface area contributed by atoms with Crippen LogP contribution in [0.5, 0.6) is 11.5 Å². The van der Waals surface area contributed by atoms with Gasteiger partial charge in [-0.3, -0.25) is 4.79 Å². The first-order valence-corrected chi connectivity index (χ1v) is 4.52. The van der Waals surface area contributed by atoms with Crippen LogP contribution in [0.2, 0.25) is 0 Å². The Morgan fingerprint density at radius 3 is 2.73 bits per heavy atom. The molecule has 78 valence electrons. The number of benzene rings is 1. The van der Waals surface area contributed by atoms with Gasteiger partial charge in [0.15, 0.2) is 5.76 Å². The predicted octanol–water partition coefficient (Wildman–Crippen LogP) is 1.37. The molecular formula is C11H11NO3. The zero-order chi connectivity index (χ0) is 11.0. The zero-order valence-corrected chi connectivity index (χ0v) is 8.52. The Morgan fingerprint density at radius 1 is 1.40 bits per heavy atom. The van der Waals surface area contributed by atoms with Crippen molar-refractivity contribution in [1.82, 2.24) is 4.90 Å². The largest absolute Gasteiger partial charge is 0.507 e. The van der Waals surface area contributed by atoms with Gasteiger partial charge in [0.25, 0.3) is 0 Å². The molecule has 0 saturated heterocycles. The summed E-state index contributed by atoms with van der Waals surface area (Å²) in [6.07, 6.45) is 1.59. The van der Waals surface area contributed by atoms with Crippen molar-refractivity contribution in [3.8, 4) is 11.5 Å². The monoisotopic (exact) mass is 205 g/mol. The Hall–Kier alpha value is -1.97. The van der Waals surface area contributed by atoms with Gasteiger partial charge in [0.1, 0.15) is 17.1 Å². The van der Waals surface area contributed by atoms with Crippen molar-refractivity contribution in [2.45, 2.75) is 0 Å². The number of ketones is 1. The second kappa shape index (κ2) is 3.31.